The third-order valence-electron chi connectivity index (χ3n) is 5.56. The lowest BCUT2D eigenvalue weighted by Crippen LogP contribution is -2.25. The van der Waals surface area contributed by atoms with E-state index >= 15 is 0 Å². The van der Waals surface area contributed by atoms with Gasteiger partial charge in [0.2, 0.25) is 5.95 Å². The van der Waals surface area contributed by atoms with Crippen LogP contribution in [0.3, 0.4) is 0 Å². The molecule has 0 bridgehead atoms. The Morgan fingerprint density at radius 1 is 1.27 bits per heavy atom. The summed E-state index contributed by atoms with van der Waals surface area (Å²) >= 11 is 0. The fraction of sp³-hybridized carbons (Fsp3) is 0.611. The van der Waals surface area contributed by atoms with E-state index in [1.54, 1.807) is 12.3 Å². The van der Waals surface area contributed by atoms with Gasteiger partial charge in [-0.2, -0.15) is 4.98 Å². The van der Waals surface area contributed by atoms with Crippen LogP contribution in [0.15, 0.2) is 17.1 Å². The third-order valence-corrected chi connectivity index (χ3v) is 7.40. The van der Waals surface area contributed by atoms with Crippen molar-refractivity contribution in [2.24, 2.45) is 5.92 Å². The molecular formula is C18H24N4O3S. The van der Waals surface area contributed by atoms with Gasteiger partial charge in [-0.05, 0) is 37.7 Å². The molecule has 4 rings (SSSR count). The summed E-state index contributed by atoms with van der Waals surface area (Å²) in [6, 6.07) is 1.87. The summed E-state index contributed by atoms with van der Waals surface area (Å²) in [6.07, 6.45) is 6.72. The highest BCUT2D eigenvalue weighted by Gasteiger charge is 2.28. The molecule has 1 atom stereocenters. The van der Waals surface area contributed by atoms with Crippen LogP contribution in [0.5, 0.6) is 0 Å². The minimum absolute atomic E-state index is 0.00608. The first-order chi connectivity index (χ1) is 12.4. The predicted octanol–water partition coefficient (Wildman–Crippen LogP) is 2.06. The van der Waals surface area contributed by atoms with Crippen LogP contribution in [-0.4, -0.2) is 41.0 Å². The average Bonchev–Trinajstić information content (AvgIpc) is 3.22. The molecule has 2 aromatic rings. The van der Waals surface area contributed by atoms with Crippen molar-refractivity contribution in [1.29, 1.82) is 0 Å². The summed E-state index contributed by atoms with van der Waals surface area (Å²) in [5.41, 5.74) is 1.56. The lowest BCUT2D eigenvalue weighted by molar-refractivity contribution is 0.515. The van der Waals surface area contributed by atoms with Crippen molar-refractivity contribution in [1.82, 2.24) is 14.5 Å². The van der Waals surface area contributed by atoms with Crippen molar-refractivity contribution in [3.05, 3.63) is 28.2 Å². The molecular weight excluding hydrogens is 352 g/mol. The SMILES string of the molecule is Cc1cc(=O)n(C2CCCC2)c2nc(NCC3CCS(=O)(=O)C3)ncc12. The zero-order chi connectivity index (χ0) is 18.3. The topological polar surface area (TPSA) is 94.0 Å². The maximum atomic E-state index is 12.6. The van der Waals surface area contributed by atoms with E-state index in [1.165, 1.54) is 0 Å². The molecule has 2 aromatic heterocycles. The van der Waals surface area contributed by atoms with E-state index in [-0.39, 0.29) is 29.0 Å². The van der Waals surface area contributed by atoms with Crippen LogP contribution < -0.4 is 10.9 Å². The fourth-order valence-electron chi connectivity index (χ4n) is 4.14. The third kappa shape index (κ3) is 3.34. The zero-order valence-electron chi connectivity index (χ0n) is 14.9. The second-order valence-corrected chi connectivity index (χ2v) is 9.78. The summed E-state index contributed by atoms with van der Waals surface area (Å²) in [5.74, 6) is 1.03. The maximum absolute atomic E-state index is 12.6. The first-order valence-corrected chi connectivity index (χ1v) is 11.1. The number of hydrogen-bond acceptors (Lipinski definition) is 6. The number of nitrogens with one attached hydrogen (secondary N) is 1. The number of sulfone groups is 1. The van der Waals surface area contributed by atoms with Crippen molar-refractivity contribution in [3.63, 3.8) is 0 Å². The molecule has 26 heavy (non-hydrogen) atoms. The van der Waals surface area contributed by atoms with Crippen LogP contribution in [0.2, 0.25) is 0 Å². The molecule has 1 aliphatic carbocycles. The molecule has 1 unspecified atom stereocenters. The van der Waals surface area contributed by atoms with E-state index in [4.69, 9.17) is 0 Å². The van der Waals surface area contributed by atoms with Gasteiger partial charge in [-0.3, -0.25) is 9.36 Å². The number of rotatable bonds is 4. The number of nitrogens with zero attached hydrogens (tertiary/aromatic N) is 3. The Morgan fingerprint density at radius 2 is 2.04 bits per heavy atom. The number of hydrogen-bond donors (Lipinski definition) is 1. The fourth-order valence-corrected chi connectivity index (χ4v) is 6.00. The Bertz CT molecular complexity index is 993. The van der Waals surface area contributed by atoms with E-state index in [0.717, 1.165) is 36.6 Å². The van der Waals surface area contributed by atoms with Gasteiger partial charge in [0.25, 0.3) is 5.56 Å². The smallest absolute Gasteiger partial charge is 0.252 e. The van der Waals surface area contributed by atoms with Crippen molar-refractivity contribution in [2.45, 2.75) is 45.1 Å². The number of aryl methyl sites for hydroxylation is 1. The molecule has 8 heteroatoms. The monoisotopic (exact) mass is 376 g/mol. The van der Waals surface area contributed by atoms with Crippen molar-refractivity contribution < 1.29 is 8.42 Å². The minimum Gasteiger partial charge on any atom is -0.354 e. The van der Waals surface area contributed by atoms with Crippen LogP contribution in [0.25, 0.3) is 11.0 Å². The van der Waals surface area contributed by atoms with Crippen molar-refractivity contribution in [2.75, 3.05) is 23.4 Å². The quantitative estimate of drug-likeness (QED) is 0.878. The molecule has 0 amide bonds. The summed E-state index contributed by atoms with van der Waals surface area (Å²) in [6.45, 7) is 2.44. The van der Waals surface area contributed by atoms with Crippen LogP contribution >= 0.6 is 0 Å². The van der Waals surface area contributed by atoms with Gasteiger partial charge >= 0.3 is 0 Å². The Labute approximate surface area is 152 Å². The highest BCUT2D eigenvalue weighted by molar-refractivity contribution is 7.91. The molecule has 7 nitrogen and oxygen atoms in total. The van der Waals surface area contributed by atoms with Gasteiger partial charge < -0.3 is 5.32 Å². The van der Waals surface area contributed by atoms with Gasteiger partial charge in [0.15, 0.2) is 9.84 Å². The van der Waals surface area contributed by atoms with E-state index in [0.29, 0.717) is 24.6 Å². The molecule has 1 N–H and O–H groups in total. The average molecular weight is 376 g/mol. The molecule has 2 aliphatic rings. The normalized spacial score (nSPS) is 22.9. The lowest BCUT2D eigenvalue weighted by Gasteiger charge is -2.18. The van der Waals surface area contributed by atoms with Crippen molar-refractivity contribution in [3.8, 4) is 0 Å². The van der Waals surface area contributed by atoms with Gasteiger partial charge in [-0.25, -0.2) is 13.4 Å². The van der Waals surface area contributed by atoms with Crippen LogP contribution in [0.1, 0.15) is 43.7 Å². The summed E-state index contributed by atoms with van der Waals surface area (Å²) < 4.78 is 25.0. The molecule has 140 valence electrons. The Balaban J connectivity index is 1.65. The Kier molecular flexibility index (Phi) is 4.46. The first kappa shape index (κ1) is 17.5. The molecule has 1 aliphatic heterocycles. The molecule has 3 heterocycles. The molecule has 0 spiro atoms. The van der Waals surface area contributed by atoms with E-state index in [9.17, 15) is 13.2 Å². The largest absolute Gasteiger partial charge is 0.354 e. The number of anilines is 1. The Morgan fingerprint density at radius 3 is 2.73 bits per heavy atom. The predicted molar refractivity (Wildman–Crippen MR) is 101 cm³/mol. The van der Waals surface area contributed by atoms with Gasteiger partial charge in [0.05, 0.1) is 11.5 Å². The number of fused-ring (bicyclic) bond motifs is 1. The number of pyridine rings is 1. The highest BCUT2D eigenvalue weighted by Crippen LogP contribution is 2.31. The molecule has 1 saturated heterocycles. The highest BCUT2D eigenvalue weighted by atomic mass is 32.2. The van der Waals surface area contributed by atoms with Gasteiger partial charge in [0, 0.05) is 30.2 Å². The maximum Gasteiger partial charge on any atom is 0.252 e. The summed E-state index contributed by atoms with van der Waals surface area (Å²) in [7, 11) is -2.89. The molecule has 1 saturated carbocycles. The minimum atomic E-state index is -2.89. The van der Waals surface area contributed by atoms with E-state index in [1.807, 2.05) is 11.5 Å². The summed E-state index contributed by atoms with van der Waals surface area (Å²) in [5, 5.41) is 4.07. The van der Waals surface area contributed by atoms with E-state index in [2.05, 4.69) is 15.3 Å². The van der Waals surface area contributed by atoms with Crippen LogP contribution in [0.4, 0.5) is 5.95 Å². The summed E-state index contributed by atoms with van der Waals surface area (Å²) in [4.78, 5) is 21.6. The van der Waals surface area contributed by atoms with Crippen LogP contribution in [-0.2, 0) is 9.84 Å². The van der Waals surface area contributed by atoms with Gasteiger partial charge in [0.1, 0.15) is 5.65 Å². The second-order valence-electron chi connectivity index (χ2n) is 7.55. The molecule has 0 aromatic carbocycles. The lowest BCUT2D eigenvalue weighted by atomic mass is 10.1. The standard InChI is InChI=1S/C18H24N4O3S/c1-12-8-16(23)22(14-4-2-3-5-14)17-15(12)10-20-18(21-17)19-9-13-6-7-26(24,25)11-13/h8,10,13-14H,2-7,9,11H2,1H3,(H,19,20,21). The first-order valence-electron chi connectivity index (χ1n) is 9.26. The van der Waals surface area contributed by atoms with Crippen LogP contribution in [0, 0.1) is 12.8 Å². The number of aromatic nitrogens is 3. The zero-order valence-corrected chi connectivity index (χ0v) is 15.8. The van der Waals surface area contributed by atoms with Gasteiger partial charge in [-0.15, -0.1) is 0 Å². The van der Waals surface area contributed by atoms with E-state index < -0.39 is 9.84 Å². The Hall–Kier alpha value is -1.96. The molecule has 2 fully saturated rings. The molecule has 0 radical (unpaired) electrons. The second kappa shape index (κ2) is 6.64. The van der Waals surface area contributed by atoms with Gasteiger partial charge in [-0.1, -0.05) is 12.8 Å². The van der Waals surface area contributed by atoms with Crippen molar-refractivity contribution >= 4 is 26.8 Å².